The quantitative estimate of drug-likeness (QED) is 0.674. The van der Waals surface area contributed by atoms with Crippen LogP contribution in [0.5, 0.6) is 5.75 Å². The van der Waals surface area contributed by atoms with E-state index in [0.29, 0.717) is 26.4 Å². The topological polar surface area (TPSA) is 41.9 Å². The van der Waals surface area contributed by atoms with E-state index in [2.05, 4.69) is 6.92 Å². The molecule has 0 fully saturated rings. The smallest absolute Gasteiger partial charge is 0.119 e. The number of rotatable bonds is 9. The van der Waals surface area contributed by atoms with Crippen LogP contribution in [0.2, 0.25) is 0 Å². The Labute approximate surface area is 109 Å². The normalized spacial score (nSPS) is 10.9. The largest absolute Gasteiger partial charge is 0.491 e. The van der Waals surface area contributed by atoms with E-state index >= 15 is 0 Å². The molecule has 0 aliphatic carbocycles. The molecule has 0 bridgehead atoms. The standard InChI is InChI=1S/C14H23NO3/c1-13-3-5-14(6-4-13)18-12-11-17-10-8-15(2)7-9-16/h3-6,16H,7-12H2,1-2H3. The van der Waals surface area contributed by atoms with Gasteiger partial charge in [0.2, 0.25) is 0 Å². The molecule has 0 aromatic heterocycles. The highest BCUT2D eigenvalue weighted by Gasteiger charge is 1.97. The molecule has 0 spiro atoms. The predicted molar refractivity (Wildman–Crippen MR) is 72.1 cm³/mol. The molecule has 1 N–H and O–H groups in total. The lowest BCUT2D eigenvalue weighted by atomic mass is 10.2. The Morgan fingerprint density at radius 1 is 1.06 bits per heavy atom. The summed E-state index contributed by atoms with van der Waals surface area (Å²) < 4.78 is 11.0. The van der Waals surface area contributed by atoms with Crippen LogP contribution in [0.3, 0.4) is 0 Å². The molecule has 4 heteroatoms. The molecule has 0 aliphatic heterocycles. The summed E-state index contributed by atoms with van der Waals surface area (Å²) in [5.41, 5.74) is 1.23. The molecular formula is C14H23NO3. The van der Waals surface area contributed by atoms with E-state index in [-0.39, 0.29) is 6.61 Å². The van der Waals surface area contributed by atoms with Crippen LogP contribution in [0.25, 0.3) is 0 Å². The number of ether oxygens (including phenoxy) is 2. The Morgan fingerprint density at radius 3 is 2.44 bits per heavy atom. The van der Waals surface area contributed by atoms with Gasteiger partial charge < -0.3 is 19.5 Å². The van der Waals surface area contributed by atoms with Gasteiger partial charge in [-0.1, -0.05) is 17.7 Å². The Bertz CT molecular complexity index is 313. The molecule has 1 aromatic rings. The molecule has 0 heterocycles. The summed E-state index contributed by atoms with van der Waals surface area (Å²) in [4.78, 5) is 2.03. The minimum Gasteiger partial charge on any atom is -0.491 e. The van der Waals surface area contributed by atoms with Crippen molar-refractivity contribution in [2.45, 2.75) is 6.92 Å². The molecular weight excluding hydrogens is 230 g/mol. The lowest BCUT2D eigenvalue weighted by Gasteiger charge is -2.14. The van der Waals surface area contributed by atoms with Crippen molar-refractivity contribution in [3.63, 3.8) is 0 Å². The van der Waals surface area contributed by atoms with Gasteiger partial charge in [0.1, 0.15) is 12.4 Å². The SMILES string of the molecule is Cc1ccc(OCCOCCN(C)CCO)cc1. The van der Waals surface area contributed by atoms with Crippen LogP contribution in [0.1, 0.15) is 5.56 Å². The number of hydrogen-bond acceptors (Lipinski definition) is 4. The molecule has 0 saturated heterocycles. The Balaban J connectivity index is 2.00. The summed E-state index contributed by atoms with van der Waals surface area (Å²) in [6.07, 6.45) is 0. The summed E-state index contributed by atoms with van der Waals surface area (Å²) in [5.74, 6) is 0.876. The second kappa shape index (κ2) is 8.91. The highest BCUT2D eigenvalue weighted by molar-refractivity contribution is 5.26. The van der Waals surface area contributed by atoms with Crippen molar-refractivity contribution in [1.29, 1.82) is 0 Å². The Kier molecular flexibility index (Phi) is 7.41. The van der Waals surface area contributed by atoms with Crippen LogP contribution in [-0.4, -0.2) is 56.6 Å². The van der Waals surface area contributed by atoms with Gasteiger partial charge in [-0.3, -0.25) is 0 Å². The fourth-order valence-electron chi connectivity index (χ4n) is 1.46. The van der Waals surface area contributed by atoms with Crippen molar-refractivity contribution in [3.05, 3.63) is 29.8 Å². The number of aliphatic hydroxyl groups is 1. The Morgan fingerprint density at radius 2 is 1.78 bits per heavy atom. The zero-order valence-electron chi connectivity index (χ0n) is 11.3. The van der Waals surface area contributed by atoms with E-state index in [1.807, 2.05) is 36.2 Å². The first kappa shape index (κ1) is 15.0. The average molecular weight is 253 g/mol. The number of aryl methyl sites for hydroxylation is 1. The van der Waals surface area contributed by atoms with E-state index in [9.17, 15) is 0 Å². The van der Waals surface area contributed by atoms with E-state index in [4.69, 9.17) is 14.6 Å². The van der Waals surface area contributed by atoms with Crippen LogP contribution in [-0.2, 0) is 4.74 Å². The van der Waals surface area contributed by atoms with Crippen molar-refractivity contribution in [1.82, 2.24) is 4.90 Å². The van der Waals surface area contributed by atoms with Crippen molar-refractivity contribution in [2.24, 2.45) is 0 Å². The highest BCUT2D eigenvalue weighted by atomic mass is 16.5. The van der Waals surface area contributed by atoms with E-state index < -0.39 is 0 Å². The summed E-state index contributed by atoms with van der Waals surface area (Å²) in [7, 11) is 1.96. The van der Waals surface area contributed by atoms with Crippen LogP contribution in [0, 0.1) is 6.92 Å². The average Bonchev–Trinajstić information content (AvgIpc) is 2.36. The first-order chi connectivity index (χ1) is 8.72. The van der Waals surface area contributed by atoms with E-state index in [0.717, 1.165) is 12.3 Å². The van der Waals surface area contributed by atoms with Crippen LogP contribution < -0.4 is 4.74 Å². The first-order valence-corrected chi connectivity index (χ1v) is 6.29. The third-order valence-electron chi connectivity index (χ3n) is 2.62. The molecule has 1 rings (SSSR count). The highest BCUT2D eigenvalue weighted by Crippen LogP contribution is 2.10. The molecule has 18 heavy (non-hydrogen) atoms. The second-order valence-electron chi connectivity index (χ2n) is 4.30. The number of aliphatic hydroxyl groups excluding tert-OH is 1. The van der Waals surface area contributed by atoms with Gasteiger partial charge in [-0.2, -0.15) is 0 Å². The molecule has 0 amide bonds. The monoisotopic (exact) mass is 253 g/mol. The molecule has 0 atom stereocenters. The fourth-order valence-corrected chi connectivity index (χ4v) is 1.46. The van der Waals surface area contributed by atoms with Gasteiger partial charge in [-0.15, -0.1) is 0 Å². The van der Waals surface area contributed by atoms with Gasteiger partial charge in [0, 0.05) is 13.1 Å². The molecule has 4 nitrogen and oxygen atoms in total. The summed E-state index contributed by atoms with van der Waals surface area (Å²) in [6.45, 7) is 5.55. The Hall–Kier alpha value is -1.10. The van der Waals surface area contributed by atoms with Gasteiger partial charge in [0.25, 0.3) is 0 Å². The number of benzene rings is 1. The molecule has 0 unspecified atom stereocenters. The maximum atomic E-state index is 8.72. The van der Waals surface area contributed by atoms with Crippen molar-refractivity contribution in [2.75, 3.05) is 46.6 Å². The summed E-state index contributed by atoms with van der Waals surface area (Å²) in [5, 5.41) is 8.72. The van der Waals surface area contributed by atoms with Gasteiger partial charge in [-0.05, 0) is 26.1 Å². The molecule has 0 saturated carbocycles. The van der Waals surface area contributed by atoms with Gasteiger partial charge in [0.05, 0.1) is 19.8 Å². The maximum absolute atomic E-state index is 8.72. The van der Waals surface area contributed by atoms with E-state index in [1.165, 1.54) is 5.56 Å². The van der Waals surface area contributed by atoms with Crippen LogP contribution in [0.4, 0.5) is 0 Å². The molecule has 0 aliphatic rings. The minimum atomic E-state index is 0.188. The van der Waals surface area contributed by atoms with Crippen LogP contribution in [0.15, 0.2) is 24.3 Å². The maximum Gasteiger partial charge on any atom is 0.119 e. The van der Waals surface area contributed by atoms with E-state index in [1.54, 1.807) is 0 Å². The number of hydrogen-bond donors (Lipinski definition) is 1. The van der Waals surface area contributed by atoms with Crippen molar-refractivity contribution < 1.29 is 14.6 Å². The molecule has 102 valence electrons. The molecule has 0 radical (unpaired) electrons. The molecule has 1 aromatic carbocycles. The summed E-state index contributed by atoms with van der Waals surface area (Å²) >= 11 is 0. The van der Waals surface area contributed by atoms with Gasteiger partial charge >= 0.3 is 0 Å². The van der Waals surface area contributed by atoms with Gasteiger partial charge in [-0.25, -0.2) is 0 Å². The van der Waals surface area contributed by atoms with Crippen LogP contribution >= 0.6 is 0 Å². The lowest BCUT2D eigenvalue weighted by Crippen LogP contribution is -2.26. The second-order valence-corrected chi connectivity index (χ2v) is 4.30. The predicted octanol–water partition coefficient (Wildman–Crippen LogP) is 1.31. The van der Waals surface area contributed by atoms with Crippen molar-refractivity contribution >= 4 is 0 Å². The fraction of sp³-hybridized carbons (Fsp3) is 0.571. The lowest BCUT2D eigenvalue weighted by molar-refractivity contribution is 0.0813. The number of likely N-dealkylation sites (N-methyl/N-ethyl adjacent to an activating group) is 1. The minimum absolute atomic E-state index is 0.188. The third kappa shape index (κ3) is 6.59. The van der Waals surface area contributed by atoms with Crippen molar-refractivity contribution in [3.8, 4) is 5.75 Å². The third-order valence-corrected chi connectivity index (χ3v) is 2.62. The van der Waals surface area contributed by atoms with Gasteiger partial charge in [0.15, 0.2) is 0 Å². The zero-order valence-corrected chi connectivity index (χ0v) is 11.3. The first-order valence-electron chi connectivity index (χ1n) is 6.29. The number of nitrogens with zero attached hydrogens (tertiary/aromatic N) is 1. The summed E-state index contributed by atoms with van der Waals surface area (Å²) in [6, 6.07) is 7.98. The zero-order chi connectivity index (χ0) is 13.2.